The zero-order valence-electron chi connectivity index (χ0n) is 12.4. The lowest BCUT2D eigenvalue weighted by Gasteiger charge is -2.31. The minimum absolute atomic E-state index is 0.116. The van der Waals surface area contributed by atoms with Gasteiger partial charge in [0.2, 0.25) is 0 Å². The van der Waals surface area contributed by atoms with Crippen LogP contribution in [0, 0.1) is 0 Å². The number of benzene rings is 1. The van der Waals surface area contributed by atoms with Crippen LogP contribution in [0.25, 0.3) is 5.57 Å². The summed E-state index contributed by atoms with van der Waals surface area (Å²) in [6.45, 7) is 6.17. The van der Waals surface area contributed by atoms with Crippen LogP contribution >= 0.6 is 0 Å². The SMILES string of the molecule is CC1=CC(C)(C)Nc2ccc(OS(=O)(=O)N(C)C)cc21. The van der Waals surface area contributed by atoms with Crippen LogP contribution in [0.3, 0.4) is 0 Å². The van der Waals surface area contributed by atoms with Crippen LogP contribution < -0.4 is 9.50 Å². The van der Waals surface area contributed by atoms with E-state index in [1.165, 1.54) is 14.1 Å². The fourth-order valence-electron chi connectivity index (χ4n) is 2.21. The number of hydrogen-bond acceptors (Lipinski definition) is 4. The first-order valence-corrected chi connectivity index (χ1v) is 7.71. The van der Waals surface area contributed by atoms with E-state index in [9.17, 15) is 8.42 Å². The van der Waals surface area contributed by atoms with Crippen LogP contribution in [0.5, 0.6) is 5.75 Å². The van der Waals surface area contributed by atoms with Crippen LogP contribution in [0.1, 0.15) is 26.3 Å². The van der Waals surface area contributed by atoms with Crippen molar-refractivity contribution in [3.05, 3.63) is 29.8 Å². The average molecular weight is 296 g/mol. The molecule has 2 rings (SSSR count). The Hall–Kier alpha value is -1.53. The Morgan fingerprint density at radius 3 is 2.50 bits per heavy atom. The van der Waals surface area contributed by atoms with Gasteiger partial charge in [0.15, 0.2) is 0 Å². The van der Waals surface area contributed by atoms with E-state index in [1.54, 1.807) is 12.1 Å². The zero-order valence-corrected chi connectivity index (χ0v) is 13.2. The smallest absolute Gasteiger partial charge is 0.376 e. The van der Waals surface area contributed by atoms with Gasteiger partial charge in [-0.15, -0.1) is 0 Å². The molecule has 0 fully saturated rings. The quantitative estimate of drug-likeness (QED) is 0.931. The van der Waals surface area contributed by atoms with Gasteiger partial charge in [-0.3, -0.25) is 0 Å². The van der Waals surface area contributed by atoms with Crippen molar-refractivity contribution in [3.63, 3.8) is 0 Å². The summed E-state index contributed by atoms with van der Waals surface area (Å²) < 4.78 is 29.6. The van der Waals surface area contributed by atoms with Crippen molar-refractivity contribution >= 4 is 21.6 Å². The van der Waals surface area contributed by atoms with E-state index >= 15 is 0 Å². The highest BCUT2D eigenvalue weighted by Gasteiger charge is 2.23. The largest absolute Gasteiger partial charge is 0.384 e. The van der Waals surface area contributed by atoms with Crippen LogP contribution in [0.15, 0.2) is 24.3 Å². The molecular weight excluding hydrogens is 276 g/mol. The molecule has 0 saturated heterocycles. The van der Waals surface area contributed by atoms with Gasteiger partial charge in [-0.05, 0) is 44.5 Å². The summed E-state index contributed by atoms with van der Waals surface area (Å²) in [4.78, 5) is 0. The number of anilines is 1. The standard InChI is InChI=1S/C14H20N2O3S/c1-10-9-14(2,3)15-13-7-6-11(8-12(10)13)19-20(17,18)16(4)5/h6-9,15H,1-5H3. The van der Waals surface area contributed by atoms with Gasteiger partial charge in [-0.25, -0.2) is 0 Å². The number of rotatable bonds is 3. The van der Waals surface area contributed by atoms with Crippen molar-refractivity contribution < 1.29 is 12.6 Å². The maximum atomic E-state index is 11.7. The third kappa shape index (κ3) is 2.96. The summed E-state index contributed by atoms with van der Waals surface area (Å²) in [6, 6.07) is 5.24. The molecule has 1 aromatic rings. The fourth-order valence-corrected chi connectivity index (χ4v) is 2.70. The minimum atomic E-state index is -3.72. The number of nitrogens with zero attached hydrogens (tertiary/aromatic N) is 1. The molecule has 0 radical (unpaired) electrons. The summed E-state index contributed by atoms with van der Waals surface area (Å²) >= 11 is 0. The second-order valence-corrected chi connectivity index (χ2v) is 7.46. The number of nitrogens with one attached hydrogen (secondary N) is 1. The maximum absolute atomic E-state index is 11.7. The average Bonchev–Trinajstić information content (AvgIpc) is 2.28. The molecule has 0 aliphatic carbocycles. The Labute approximate surface area is 120 Å². The molecule has 1 aliphatic heterocycles. The Kier molecular flexibility index (Phi) is 3.56. The number of allylic oxidation sites excluding steroid dienone is 1. The van der Waals surface area contributed by atoms with E-state index in [4.69, 9.17) is 4.18 Å². The fraction of sp³-hybridized carbons (Fsp3) is 0.429. The second-order valence-electron chi connectivity index (χ2n) is 5.70. The third-order valence-electron chi connectivity index (χ3n) is 3.10. The van der Waals surface area contributed by atoms with Crippen molar-refractivity contribution in [3.8, 4) is 5.75 Å². The molecule has 1 heterocycles. The monoisotopic (exact) mass is 296 g/mol. The van der Waals surface area contributed by atoms with Gasteiger partial charge in [-0.1, -0.05) is 6.08 Å². The van der Waals surface area contributed by atoms with Gasteiger partial charge in [0.05, 0.1) is 5.54 Å². The van der Waals surface area contributed by atoms with Gasteiger partial charge in [0, 0.05) is 25.3 Å². The molecular formula is C14H20N2O3S. The topological polar surface area (TPSA) is 58.6 Å². The molecule has 1 aromatic carbocycles. The van der Waals surface area contributed by atoms with E-state index in [1.807, 2.05) is 13.0 Å². The lowest BCUT2D eigenvalue weighted by molar-refractivity contribution is 0.421. The lowest BCUT2D eigenvalue weighted by Crippen LogP contribution is -2.31. The minimum Gasteiger partial charge on any atom is -0.376 e. The number of hydrogen-bond donors (Lipinski definition) is 1. The summed E-state index contributed by atoms with van der Waals surface area (Å²) in [5, 5.41) is 3.39. The molecule has 6 heteroatoms. The Bertz CT molecular complexity index is 661. The Morgan fingerprint density at radius 1 is 1.25 bits per heavy atom. The highest BCUT2D eigenvalue weighted by atomic mass is 32.2. The van der Waals surface area contributed by atoms with Gasteiger partial charge in [0.25, 0.3) is 0 Å². The number of fused-ring (bicyclic) bond motifs is 1. The molecule has 0 aromatic heterocycles. The highest BCUT2D eigenvalue weighted by molar-refractivity contribution is 7.84. The molecule has 0 unspecified atom stereocenters. The van der Waals surface area contributed by atoms with Crippen molar-refractivity contribution in [1.29, 1.82) is 0 Å². The van der Waals surface area contributed by atoms with E-state index in [0.717, 1.165) is 21.1 Å². The molecule has 1 N–H and O–H groups in total. The summed E-state index contributed by atoms with van der Waals surface area (Å²) in [5.41, 5.74) is 2.91. The van der Waals surface area contributed by atoms with Crippen molar-refractivity contribution in [2.75, 3.05) is 19.4 Å². The predicted molar refractivity (Wildman–Crippen MR) is 81.0 cm³/mol. The molecule has 0 bridgehead atoms. The molecule has 5 nitrogen and oxygen atoms in total. The summed E-state index contributed by atoms with van der Waals surface area (Å²) in [5.74, 6) is 0.312. The van der Waals surface area contributed by atoms with Crippen molar-refractivity contribution in [2.45, 2.75) is 26.3 Å². The van der Waals surface area contributed by atoms with Crippen molar-refractivity contribution in [1.82, 2.24) is 4.31 Å². The van der Waals surface area contributed by atoms with E-state index in [0.29, 0.717) is 5.75 Å². The molecule has 0 spiro atoms. The van der Waals surface area contributed by atoms with Gasteiger partial charge in [-0.2, -0.15) is 12.7 Å². The first-order valence-electron chi connectivity index (χ1n) is 6.35. The van der Waals surface area contributed by atoms with Gasteiger partial charge < -0.3 is 9.50 Å². The first-order chi connectivity index (χ1) is 9.11. The highest BCUT2D eigenvalue weighted by Crippen LogP contribution is 2.35. The Morgan fingerprint density at radius 2 is 1.90 bits per heavy atom. The van der Waals surface area contributed by atoms with Crippen LogP contribution in [-0.2, 0) is 10.3 Å². The van der Waals surface area contributed by atoms with E-state index in [2.05, 4.69) is 25.2 Å². The molecule has 1 aliphatic rings. The summed E-state index contributed by atoms with van der Waals surface area (Å²) in [7, 11) is -0.858. The van der Waals surface area contributed by atoms with Crippen molar-refractivity contribution in [2.24, 2.45) is 0 Å². The molecule has 0 amide bonds. The summed E-state index contributed by atoms with van der Waals surface area (Å²) in [6.07, 6.45) is 2.11. The molecule has 110 valence electrons. The van der Waals surface area contributed by atoms with Crippen LogP contribution in [0.2, 0.25) is 0 Å². The van der Waals surface area contributed by atoms with Crippen LogP contribution in [0.4, 0.5) is 5.69 Å². The normalized spacial score (nSPS) is 17.2. The zero-order chi connectivity index (χ0) is 15.1. The maximum Gasteiger partial charge on any atom is 0.384 e. The third-order valence-corrected chi connectivity index (χ3v) is 4.40. The molecule has 0 atom stereocenters. The van der Waals surface area contributed by atoms with Crippen LogP contribution in [-0.4, -0.2) is 32.4 Å². The lowest BCUT2D eigenvalue weighted by atomic mass is 9.91. The molecule has 0 saturated carbocycles. The first kappa shape index (κ1) is 14.9. The Balaban J connectivity index is 2.37. The van der Waals surface area contributed by atoms with E-state index in [-0.39, 0.29) is 5.54 Å². The van der Waals surface area contributed by atoms with Gasteiger partial charge >= 0.3 is 10.3 Å². The second kappa shape index (κ2) is 4.79. The van der Waals surface area contributed by atoms with Gasteiger partial charge in [0.1, 0.15) is 5.75 Å². The van der Waals surface area contributed by atoms with E-state index < -0.39 is 10.3 Å². The predicted octanol–water partition coefficient (Wildman–Crippen LogP) is 2.48. The molecule has 20 heavy (non-hydrogen) atoms.